The number of aromatic hydroxyl groups is 1. The second-order valence-electron chi connectivity index (χ2n) is 7.17. The lowest BCUT2D eigenvalue weighted by atomic mass is 9.94. The molecule has 0 saturated heterocycles. The lowest BCUT2D eigenvalue weighted by Crippen LogP contribution is -2.43. The molecule has 7 heteroatoms. The molecule has 27 heavy (non-hydrogen) atoms. The van der Waals surface area contributed by atoms with Crippen molar-refractivity contribution in [3.8, 4) is 11.5 Å². The van der Waals surface area contributed by atoms with Gasteiger partial charge in [0.15, 0.2) is 5.75 Å². The van der Waals surface area contributed by atoms with Gasteiger partial charge in [-0.25, -0.2) is 8.78 Å². The third-order valence-electron chi connectivity index (χ3n) is 4.38. The van der Waals surface area contributed by atoms with Crippen LogP contribution in [0.2, 0.25) is 0 Å². The Morgan fingerprint density at radius 3 is 2.74 bits per heavy atom. The number of ether oxygens (including phenoxy) is 1. The summed E-state index contributed by atoms with van der Waals surface area (Å²) in [4.78, 5) is 0. The lowest BCUT2D eigenvalue weighted by molar-refractivity contribution is 0.157. The Morgan fingerprint density at radius 1 is 1.22 bits per heavy atom. The van der Waals surface area contributed by atoms with Gasteiger partial charge in [0.1, 0.15) is 23.6 Å². The summed E-state index contributed by atoms with van der Waals surface area (Å²) in [5.74, 6) is -0.777. The first-order valence-electron chi connectivity index (χ1n) is 8.57. The topological polar surface area (TPSA) is 73.8 Å². The normalized spacial score (nSPS) is 14.3. The van der Waals surface area contributed by atoms with E-state index in [1.165, 1.54) is 30.5 Å². The number of rotatable bonds is 6. The molecule has 4 N–H and O–H groups in total. The van der Waals surface area contributed by atoms with E-state index in [-0.39, 0.29) is 12.3 Å². The van der Waals surface area contributed by atoms with E-state index in [0.717, 1.165) is 6.07 Å². The molecule has 5 nitrogen and oxygen atoms in total. The Kier molecular flexibility index (Phi) is 5.34. The lowest BCUT2D eigenvalue weighted by Gasteiger charge is -2.29. The fourth-order valence-electron chi connectivity index (χ4n) is 3.03. The van der Waals surface area contributed by atoms with Gasteiger partial charge < -0.3 is 25.6 Å². The van der Waals surface area contributed by atoms with Gasteiger partial charge in [0, 0.05) is 36.0 Å². The highest BCUT2D eigenvalue weighted by molar-refractivity contribution is 5.66. The zero-order valence-electron chi connectivity index (χ0n) is 15.1. The van der Waals surface area contributed by atoms with Gasteiger partial charge in [-0.3, -0.25) is 0 Å². The molecule has 3 rings (SSSR count). The predicted octanol–water partition coefficient (Wildman–Crippen LogP) is 3.59. The molecule has 0 aliphatic carbocycles. The van der Waals surface area contributed by atoms with Crippen molar-refractivity contribution in [1.82, 2.24) is 5.32 Å². The molecule has 144 valence electrons. The minimum Gasteiger partial charge on any atom is -0.508 e. The van der Waals surface area contributed by atoms with Gasteiger partial charge in [0.2, 0.25) is 0 Å². The number of β-amino-alcohol motifs (C(OH)–C–C–N with tert-alkyl or cyclic N) is 1. The average Bonchev–Trinajstić information content (AvgIpc) is 2.61. The summed E-state index contributed by atoms with van der Waals surface area (Å²) < 4.78 is 32.4. The Balaban J connectivity index is 1.70. The summed E-state index contributed by atoms with van der Waals surface area (Å²) in [6, 6.07) is 6.45. The van der Waals surface area contributed by atoms with Crippen molar-refractivity contribution in [2.75, 3.05) is 11.9 Å². The van der Waals surface area contributed by atoms with E-state index in [0.29, 0.717) is 29.0 Å². The summed E-state index contributed by atoms with van der Waals surface area (Å²) in [5, 5.41) is 26.6. The molecule has 0 bridgehead atoms. The van der Waals surface area contributed by atoms with E-state index in [1.54, 1.807) is 6.20 Å². The number of benzene rings is 2. The quantitative estimate of drug-likeness (QED) is 0.620. The van der Waals surface area contributed by atoms with Gasteiger partial charge in [0.05, 0.1) is 11.8 Å². The van der Waals surface area contributed by atoms with Crippen molar-refractivity contribution in [3.63, 3.8) is 0 Å². The molecule has 1 aliphatic rings. The molecule has 0 radical (unpaired) electrons. The molecule has 0 fully saturated rings. The van der Waals surface area contributed by atoms with E-state index in [2.05, 4.69) is 10.6 Å². The molecule has 1 heterocycles. The molecule has 1 unspecified atom stereocenters. The van der Waals surface area contributed by atoms with Crippen molar-refractivity contribution >= 4 is 5.69 Å². The maximum absolute atomic E-state index is 13.9. The number of anilines is 1. The molecule has 0 saturated carbocycles. The highest BCUT2D eigenvalue weighted by Crippen LogP contribution is 2.38. The number of phenols is 1. The fraction of sp³-hybridized carbons (Fsp3) is 0.300. The molecule has 0 aromatic heterocycles. The molecule has 0 spiro atoms. The predicted molar refractivity (Wildman–Crippen MR) is 98.6 cm³/mol. The molecule has 2 aromatic rings. The number of aliphatic hydroxyl groups is 1. The van der Waals surface area contributed by atoms with Gasteiger partial charge in [-0.1, -0.05) is 6.07 Å². The summed E-state index contributed by atoms with van der Waals surface area (Å²) >= 11 is 0. The van der Waals surface area contributed by atoms with Crippen molar-refractivity contribution in [1.29, 1.82) is 0 Å². The smallest absolute Gasteiger partial charge is 0.156 e. The van der Waals surface area contributed by atoms with E-state index in [1.807, 2.05) is 13.8 Å². The number of hydrogen-bond acceptors (Lipinski definition) is 5. The van der Waals surface area contributed by atoms with Gasteiger partial charge in [-0.2, -0.15) is 0 Å². The SMILES string of the molecule is CC(C)(Cc1ccc(F)cc1F)NCC(O)c1cc(O)cc2c1OC=CN2. The van der Waals surface area contributed by atoms with E-state index < -0.39 is 23.3 Å². The summed E-state index contributed by atoms with van der Waals surface area (Å²) in [6.45, 7) is 3.88. The van der Waals surface area contributed by atoms with E-state index in [9.17, 15) is 19.0 Å². The van der Waals surface area contributed by atoms with Crippen LogP contribution in [0.4, 0.5) is 14.5 Å². The minimum absolute atomic E-state index is 0.00171. The van der Waals surface area contributed by atoms with Gasteiger partial charge in [-0.05, 0) is 38.0 Å². The van der Waals surface area contributed by atoms with Gasteiger partial charge >= 0.3 is 0 Å². The van der Waals surface area contributed by atoms with E-state index >= 15 is 0 Å². The van der Waals surface area contributed by atoms with Crippen LogP contribution < -0.4 is 15.4 Å². The molecule has 1 aliphatic heterocycles. The van der Waals surface area contributed by atoms with Crippen LogP contribution in [0.15, 0.2) is 42.8 Å². The molecular formula is C20H22F2N2O3. The monoisotopic (exact) mass is 376 g/mol. The number of phenolic OH excluding ortho intramolecular Hbond substituents is 1. The Morgan fingerprint density at radius 2 is 2.00 bits per heavy atom. The fourth-order valence-corrected chi connectivity index (χ4v) is 3.03. The molecular weight excluding hydrogens is 354 g/mol. The second kappa shape index (κ2) is 7.54. The Labute approximate surface area is 156 Å². The minimum atomic E-state index is -0.962. The molecule has 2 aromatic carbocycles. The van der Waals surface area contributed by atoms with Crippen molar-refractivity contribution in [2.45, 2.75) is 31.9 Å². The van der Waals surface area contributed by atoms with Crippen LogP contribution in [0.3, 0.4) is 0 Å². The first-order chi connectivity index (χ1) is 12.7. The number of fused-ring (bicyclic) bond motifs is 1. The highest BCUT2D eigenvalue weighted by atomic mass is 19.1. The zero-order chi connectivity index (χ0) is 19.6. The van der Waals surface area contributed by atoms with Crippen molar-refractivity contribution in [3.05, 3.63) is 65.6 Å². The number of nitrogens with one attached hydrogen (secondary N) is 2. The standard InChI is InChI=1S/C20H22F2N2O3/c1-20(2,10-12-3-4-13(21)7-16(12)22)24-11-18(26)15-8-14(25)9-17-19(15)27-6-5-23-17/h3-9,18,23-26H,10-11H2,1-2H3. The second-order valence-corrected chi connectivity index (χ2v) is 7.17. The van der Waals surface area contributed by atoms with Crippen molar-refractivity contribution < 1.29 is 23.7 Å². The van der Waals surface area contributed by atoms with Crippen LogP contribution in [0.1, 0.15) is 31.1 Å². The maximum Gasteiger partial charge on any atom is 0.156 e. The summed E-state index contributed by atoms with van der Waals surface area (Å²) in [5.41, 5.74) is 0.809. The van der Waals surface area contributed by atoms with Crippen molar-refractivity contribution in [2.24, 2.45) is 0 Å². The third kappa shape index (κ3) is 4.56. The maximum atomic E-state index is 13.9. The average molecular weight is 376 g/mol. The number of halogens is 2. The molecule has 1 atom stereocenters. The van der Waals surface area contributed by atoms with E-state index in [4.69, 9.17) is 4.74 Å². The number of aliphatic hydroxyl groups excluding tert-OH is 1. The largest absolute Gasteiger partial charge is 0.508 e. The Hall–Kier alpha value is -2.64. The third-order valence-corrected chi connectivity index (χ3v) is 4.38. The van der Waals surface area contributed by atoms with Crippen LogP contribution in [0.25, 0.3) is 0 Å². The van der Waals surface area contributed by atoms with Crippen LogP contribution in [0, 0.1) is 11.6 Å². The highest BCUT2D eigenvalue weighted by Gasteiger charge is 2.24. The summed E-state index contributed by atoms with van der Waals surface area (Å²) in [7, 11) is 0. The first-order valence-corrected chi connectivity index (χ1v) is 8.57. The Bertz CT molecular complexity index is 869. The molecule has 0 amide bonds. The number of hydrogen-bond donors (Lipinski definition) is 4. The summed E-state index contributed by atoms with van der Waals surface area (Å²) in [6.07, 6.45) is 2.38. The van der Waals surface area contributed by atoms with Gasteiger partial charge in [0.25, 0.3) is 0 Å². The van der Waals surface area contributed by atoms with Gasteiger partial charge in [-0.15, -0.1) is 0 Å². The van der Waals surface area contributed by atoms with Crippen LogP contribution in [-0.2, 0) is 6.42 Å². The van der Waals surface area contributed by atoms with Crippen LogP contribution >= 0.6 is 0 Å². The zero-order valence-corrected chi connectivity index (χ0v) is 15.1. The first kappa shape index (κ1) is 19.1. The van der Waals surface area contributed by atoms with Crippen LogP contribution in [-0.4, -0.2) is 22.3 Å². The van der Waals surface area contributed by atoms with Crippen LogP contribution in [0.5, 0.6) is 11.5 Å².